The van der Waals surface area contributed by atoms with E-state index < -0.39 is 22.1 Å². The van der Waals surface area contributed by atoms with E-state index in [2.05, 4.69) is 16.0 Å². The molecule has 1 atom stereocenters. The monoisotopic (exact) mass is 493 g/mol. The number of rotatable bonds is 6. The maximum absolute atomic E-state index is 12.4. The molecule has 2 amide bonds. The molecule has 182 valence electrons. The van der Waals surface area contributed by atoms with Crippen LogP contribution < -0.4 is 16.0 Å². The van der Waals surface area contributed by atoms with Crippen molar-refractivity contribution in [2.75, 3.05) is 17.2 Å². The highest BCUT2D eigenvalue weighted by molar-refractivity contribution is 7.87. The van der Waals surface area contributed by atoms with Crippen LogP contribution in [0.3, 0.4) is 0 Å². The number of nitrogens with one attached hydrogen (secondary N) is 3. The van der Waals surface area contributed by atoms with Gasteiger partial charge in [-0.3, -0.25) is 0 Å². The Morgan fingerprint density at radius 2 is 1.46 bits per heavy atom. The highest BCUT2D eigenvalue weighted by Crippen LogP contribution is 2.24. The molecule has 3 N–H and O–H groups in total. The van der Waals surface area contributed by atoms with Gasteiger partial charge in [0.2, 0.25) is 0 Å². The van der Waals surface area contributed by atoms with Gasteiger partial charge in [0, 0.05) is 11.4 Å². The number of carbonyl (C=O) groups is 2. The lowest BCUT2D eigenvalue weighted by Crippen LogP contribution is -2.33. The minimum absolute atomic E-state index is 0.0890. The Labute approximate surface area is 204 Å². The Morgan fingerprint density at radius 1 is 0.857 bits per heavy atom. The van der Waals surface area contributed by atoms with Gasteiger partial charge in [0.1, 0.15) is 10.9 Å². The molecule has 0 unspecified atom stereocenters. The van der Waals surface area contributed by atoms with Crippen molar-refractivity contribution >= 4 is 33.5 Å². The van der Waals surface area contributed by atoms with Crippen molar-refractivity contribution in [2.45, 2.75) is 37.6 Å². The molecular formula is C26H27N3O5S. The quantitative estimate of drug-likeness (QED) is 0.433. The summed E-state index contributed by atoms with van der Waals surface area (Å²) in [5.41, 5.74) is 5.18. The van der Waals surface area contributed by atoms with Gasteiger partial charge in [-0.1, -0.05) is 30.3 Å². The molecule has 4 rings (SSSR count). The zero-order valence-corrected chi connectivity index (χ0v) is 20.3. The summed E-state index contributed by atoms with van der Waals surface area (Å²) >= 11 is 0. The predicted molar refractivity (Wildman–Crippen MR) is 135 cm³/mol. The molecule has 0 spiro atoms. The minimum atomic E-state index is -4.19. The lowest BCUT2D eigenvalue weighted by molar-refractivity contribution is -0.135. The average Bonchev–Trinajstić information content (AvgIpc) is 3.37. The van der Waals surface area contributed by atoms with Crippen LogP contribution in [0.4, 0.5) is 16.2 Å². The first kappa shape index (κ1) is 24.4. The standard InChI is InChI=1S/C26H27N3O5S/c1-17-5-10-22(16-18(17)2)29-26(31)28-21-11-6-19(7-12-21)20-8-13-23(14-9-20)35(32,33)34-25(30)24-4-3-15-27-24/h5-14,16,24,27H,3-4,15H2,1-2H3,(H2,28,29,31)/t24-/m0/s1. The van der Waals surface area contributed by atoms with Crippen molar-refractivity contribution in [1.29, 1.82) is 0 Å². The third-order valence-corrected chi connectivity index (χ3v) is 7.15. The van der Waals surface area contributed by atoms with E-state index in [1.165, 1.54) is 12.1 Å². The Kier molecular flexibility index (Phi) is 7.18. The zero-order chi connectivity index (χ0) is 25.0. The van der Waals surface area contributed by atoms with Crippen molar-refractivity contribution in [3.05, 3.63) is 77.9 Å². The Morgan fingerprint density at radius 3 is 2.06 bits per heavy atom. The van der Waals surface area contributed by atoms with Crippen molar-refractivity contribution < 1.29 is 22.2 Å². The first-order chi connectivity index (χ1) is 16.7. The molecule has 0 aliphatic carbocycles. The van der Waals surface area contributed by atoms with Crippen molar-refractivity contribution in [3.8, 4) is 11.1 Å². The van der Waals surface area contributed by atoms with Crippen LogP contribution in [-0.4, -0.2) is 33.0 Å². The normalized spacial score (nSPS) is 15.4. The van der Waals surface area contributed by atoms with E-state index in [-0.39, 0.29) is 10.9 Å². The van der Waals surface area contributed by atoms with E-state index in [0.29, 0.717) is 24.3 Å². The van der Waals surface area contributed by atoms with Gasteiger partial charge < -0.3 is 20.1 Å². The Hall–Kier alpha value is -3.69. The molecule has 1 aliphatic rings. The second-order valence-electron chi connectivity index (χ2n) is 8.49. The van der Waals surface area contributed by atoms with Crippen molar-refractivity contribution in [3.63, 3.8) is 0 Å². The maximum Gasteiger partial charge on any atom is 0.341 e. The smallest absolute Gasteiger partial charge is 0.341 e. The van der Waals surface area contributed by atoms with Gasteiger partial charge in [0.15, 0.2) is 0 Å². The molecule has 8 nitrogen and oxygen atoms in total. The predicted octanol–water partition coefficient (Wildman–Crippen LogP) is 4.60. The van der Waals surface area contributed by atoms with Gasteiger partial charge in [0.25, 0.3) is 0 Å². The van der Waals surface area contributed by atoms with Crippen LogP contribution in [0.5, 0.6) is 0 Å². The number of benzene rings is 3. The first-order valence-electron chi connectivity index (χ1n) is 11.3. The number of anilines is 2. The molecule has 0 aromatic heterocycles. The Balaban J connectivity index is 1.37. The van der Waals surface area contributed by atoms with Crippen LogP contribution in [0.1, 0.15) is 24.0 Å². The fraction of sp³-hybridized carbons (Fsp3) is 0.231. The number of amides is 2. The van der Waals surface area contributed by atoms with Crippen LogP contribution in [0.15, 0.2) is 71.6 Å². The number of hydrogen-bond donors (Lipinski definition) is 3. The number of urea groups is 1. The van der Waals surface area contributed by atoms with E-state index in [4.69, 9.17) is 4.18 Å². The maximum atomic E-state index is 12.4. The van der Waals surface area contributed by atoms with E-state index in [1.54, 1.807) is 24.3 Å². The van der Waals surface area contributed by atoms with Gasteiger partial charge in [-0.05, 0) is 91.9 Å². The van der Waals surface area contributed by atoms with E-state index in [9.17, 15) is 18.0 Å². The second kappa shape index (κ2) is 10.3. The fourth-order valence-electron chi connectivity index (χ4n) is 3.77. The SMILES string of the molecule is Cc1ccc(NC(=O)Nc2ccc(-c3ccc(S(=O)(=O)OC(=O)[C@@H]4CCCN4)cc3)cc2)cc1C. The van der Waals surface area contributed by atoms with E-state index >= 15 is 0 Å². The van der Waals surface area contributed by atoms with E-state index in [1.807, 2.05) is 44.2 Å². The lowest BCUT2D eigenvalue weighted by atomic mass is 10.1. The van der Waals surface area contributed by atoms with Gasteiger partial charge in [0.05, 0.1) is 0 Å². The molecule has 1 saturated heterocycles. The third kappa shape index (κ3) is 6.06. The van der Waals surface area contributed by atoms with Crippen LogP contribution in [0.2, 0.25) is 0 Å². The molecule has 1 fully saturated rings. The molecule has 35 heavy (non-hydrogen) atoms. The average molecular weight is 494 g/mol. The van der Waals surface area contributed by atoms with Crippen LogP contribution >= 0.6 is 0 Å². The molecule has 0 bridgehead atoms. The summed E-state index contributed by atoms with van der Waals surface area (Å²) in [7, 11) is -4.19. The summed E-state index contributed by atoms with van der Waals surface area (Å²) in [6.45, 7) is 4.66. The number of hydrogen-bond acceptors (Lipinski definition) is 6. The molecule has 0 radical (unpaired) electrons. The van der Waals surface area contributed by atoms with Gasteiger partial charge in [-0.2, -0.15) is 8.42 Å². The summed E-state index contributed by atoms with van der Waals surface area (Å²) in [5, 5.41) is 8.52. The van der Waals surface area contributed by atoms with Gasteiger partial charge in [-0.15, -0.1) is 0 Å². The second-order valence-corrected chi connectivity index (χ2v) is 10.0. The highest BCUT2D eigenvalue weighted by atomic mass is 32.2. The first-order valence-corrected chi connectivity index (χ1v) is 12.7. The molecular weight excluding hydrogens is 466 g/mol. The summed E-state index contributed by atoms with van der Waals surface area (Å²) < 4.78 is 29.7. The summed E-state index contributed by atoms with van der Waals surface area (Å²) in [5.74, 6) is -0.781. The minimum Gasteiger partial charge on any atom is -0.341 e. The zero-order valence-electron chi connectivity index (χ0n) is 19.5. The molecule has 3 aromatic rings. The Bertz CT molecular complexity index is 1330. The van der Waals surface area contributed by atoms with E-state index in [0.717, 1.165) is 28.7 Å². The van der Waals surface area contributed by atoms with Crippen molar-refractivity contribution in [2.24, 2.45) is 0 Å². The molecule has 1 heterocycles. The summed E-state index contributed by atoms with van der Waals surface area (Å²) in [4.78, 5) is 24.3. The van der Waals surface area contributed by atoms with Crippen LogP contribution in [0.25, 0.3) is 11.1 Å². The molecule has 9 heteroatoms. The van der Waals surface area contributed by atoms with Crippen molar-refractivity contribution in [1.82, 2.24) is 5.32 Å². The molecule has 1 aliphatic heterocycles. The lowest BCUT2D eigenvalue weighted by Gasteiger charge is -2.11. The fourth-order valence-corrected chi connectivity index (χ4v) is 4.67. The largest absolute Gasteiger partial charge is 0.341 e. The summed E-state index contributed by atoms with van der Waals surface area (Å²) in [6, 6.07) is 18.0. The highest BCUT2D eigenvalue weighted by Gasteiger charge is 2.29. The van der Waals surface area contributed by atoms with Gasteiger partial charge >= 0.3 is 22.1 Å². The summed E-state index contributed by atoms with van der Waals surface area (Å²) in [6.07, 6.45) is 1.37. The molecule has 3 aromatic carbocycles. The van der Waals surface area contributed by atoms with Gasteiger partial charge in [-0.25, -0.2) is 9.59 Å². The van der Waals surface area contributed by atoms with Crippen LogP contribution in [-0.2, 0) is 19.1 Å². The third-order valence-electron chi connectivity index (χ3n) is 5.92. The number of aryl methyl sites for hydroxylation is 2. The number of carbonyl (C=O) groups excluding carboxylic acids is 2. The topological polar surface area (TPSA) is 114 Å². The van der Waals surface area contributed by atoms with Crippen LogP contribution in [0, 0.1) is 13.8 Å². The molecule has 0 saturated carbocycles.